The Morgan fingerprint density at radius 3 is 2.77 bits per heavy atom. The standard InChI is InChI=1S/C16H20ClFN2O2/c1-10(13-7-6-12(18)9-14(13)17)20-15(21)3-2-8-19-16(22)11-4-5-11/h6-7,9-11H,2-5,8H2,1H3,(H,19,22)(H,20,21)/t10-/m1/s1. The number of rotatable bonds is 7. The average Bonchev–Trinajstić information content (AvgIpc) is 3.27. The Labute approximate surface area is 134 Å². The van der Waals surface area contributed by atoms with Gasteiger partial charge in [-0.3, -0.25) is 9.59 Å². The quantitative estimate of drug-likeness (QED) is 0.757. The van der Waals surface area contributed by atoms with Gasteiger partial charge in [-0.1, -0.05) is 17.7 Å². The van der Waals surface area contributed by atoms with Crippen LogP contribution in [0.1, 0.15) is 44.2 Å². The Bertz CT molecular complexity index is 561. The Hall–Kier alpha value is -1.62. The molecule has 0 aromatic heterocycles. The maximum absolute atomic E-state index is 13.0. The Morgan fingerprint density at radius 1 is 1.41 bits per heavy atom. The molecule has 0 bridgehead atoms. The van der Waals surface area contributed by atoms with Gasteiger partial charge in [0.15, 0.2) is 0 Å². The Kier molecular flexibility index (Phi) is 5.77. The van der Waals surface area contributed by atoms with Gasteiger partial charge in [0.25, 0.3) is 0 Å². The molecular weight excluding hydrogens is 307 g/mol. The minimum atomic E-state index is -0.404. The number of hydrogen-bond donors (Lipinski definition) is 2. The third kappa shape index (κ3) is 4.98. The summed E-state index contributed by atoms with van der Waals surface area (Å²) in [5, 5.41) is 5.94. The second-order valence-electron chi connectivity index (χ2n) is 5.62. The van der Waals surface area contributed by atoms with Crippen LogP contribution in [-0.4, -0.2) is 18.4 Å². The van der Waals surface area contributed by atoms with E-state index in [1.807, 2.05) is 0 Å². The predicted molar refractivity (Wildman–Crippen MR) is 82.9 cm³/mol. The summed E-state index contributed by atoms with van der Waals surface area (Å²) in [7, 11) is 0. The van der Waals surface area contributed by atoms with E-state index in [4.69, 9.17) is 11.6 Å². The summed E-state index contributed by atoms with van der Waals surface area (Å²) >= 11 is 5.97. The van der Waals surface area contributed by atoms with Gasteiger partial charge in [-0.25, -0.2) is 4.39 Å². The molecule has 0 saturated heterocycles. The van der Waals surface area contributed by atoms with Crippen LogP contribution in [0.3, 0.4) is 0 Å². The molecule has 0 spiro atoms. The van der Waals surface area contributed by atoms with E-state index in [0.29, 0.717) is 30.0 Å². The highest BCUT2D eigenvalue weighted by Crippen LogP contribution is 2.28. The highest BCUT2D eigenvalue weighted by molar-refractivity contribution is 6.31. The summed E-state index contributed by atoms with van der Waals surface area (Å²) in [6.07, 6.45) is 2.87. The SMILES string of the molecule is C[C@@H](NC(=O)CCCNC(=O)C1CC1)c1ccc(F)cc1Cl. The lowest BCUT2D eigenvalue weighted by molar-refractivity contribution is -0.123. The number of carbonyl (C=O) groups excluding carboxylic acids is 2. The van der Waals surface area contributed by atoms with E-state index in [1.54, 1.807) is 13.0 Å². The van der Waals surface area contributed by atoms with Crippen LogP contribution < -0.4 is 10.6 Å². The minimum absolute atomic E-state index is 0.0897. The molecule has 1 fully saturated rings. The first kappa shape index (κ1) is 16.7. The van der Waals surface area contributed by atoms with Crippen molar-refractivity contribution in [2.45, 2.75) is 38.6 Å². The third-order valence-corrected chi connectivity index (χ3v) is 3.96. The zero-order valence-corrected chi connectivity index (χ0v) is 13.3. The van der Waals surface area contributed by atoms with Crippen molar-refractivity contribution < 1.29 is 14.0 Å². The van der Waals surface area contributed by atoms with Crippen LogP contribution in [0.15, 0.2) is 18.2 Å². The molecular formula is C16H20ClFN2O2. The lowest BCUT2D eigenvalue weighted by atomic mass is 10.1. The summed E-state index contributed by atoms with van der Waals surface area (Å²) in [5.74, 6) is -0.242. The molecule has 1 aromatic rings. The molecule has 2 amide bonds. The van der Waals surface area contributed by atoms with Crippen molar-refractivity contribution in [3.8, 4) is 0 Å². The normalized spacial score (nSPS) is 15.2. The maximum atomic E-state index is 13.0. The van der Waals surface area contributed by atoms with E-state index in [9.17, 15) is 14.0 Å². The van der Waals surface area contributed by atoms with Crippen molar-refractivity contribution in [3.63, 3.8) is 0 Å². The van der Waals surface area contributed by atoms with Crippen molar-refractivity contribution >= 4 is 23.4 Å². The summed E-state index contributed by atoms with van der Waals surface area (Å²) in [4.78, 5) is 23.3. The van der Waals surface area contributed by atoms with E-state index in [-0.39, 0.29) is 23.8 Å². The Morgan fingerprint density at radius 2 is 2.14 bits per heavy atom. The highest BCUT2D eigenvalue weighted by atomic mass is 35.5. The molecule has 1 saturated carbocycles. The van der Waals surface area contributed by atoms with Gasteiger partial charge in [0.2, 0.25) is 11.8 Å². The van der Waals surface area contributed by atoms with Gasteiger partial charge >= 0.3 is 0 Å². The molecule has 1 atom stereocenters. The van der Waals surface area contributed by atoms with Crippen LogP contribution in [0.4, 0.5) is 4.39 Å². The molecule has 2 N–H and O–H groups in total. The molecule has 2 rings (SSSR count). The zero-order chi connectivity index (χ0) is 16.1. The van der Waals surface area contributed by atoms with E-state index < -0.39 is 5.82 Å². The number of nitrogens with one attached hydrogen (secondary N) is 2. The summed E-state index contributed by atoms with van der Waals surface area (Å²) in [6, 6.07) is 3.82. The molecule has 6 heteroatoms. The number of halogens is 2. The second-order valence-corrected chi connectivity index (χ2v) is 6.03. The van der Waals surface area contributed by atoms with E-state index >= 15 is 0 Å². The lowest BCUT2D eigenvalue weighted by Crippen LogP contribution is -2.29. The maximum Gasteiger partial charge on any atom is 0.223 e. The van der Waals surface area contributed by atoms with Crippen molar-refractivity contribution in [1.29, 1.82) is 0 Å². The van der Waals surface area contributed by atoms with Crippen LogP contribution in [0, 0.1) is 11.7 Å². The minimum Gasteiger partial charge on any atom is -0.356 e. The molecule has 0 radical (unpaired) electrons. The lowest BCUT2D eigenvalue weighted by Gasteiger charge is -2.16. The average molecular weight is 327 g/mol. The molecule has 1 aliphatic rings. The third-order valence-electron chi connectivity index (χ3n) is 3.63. The largest absolute Gasteiger partial charge is 0.356 e. The topological polar surface area (TPSA) is 58.2 Å². The molecule has 0 unspecified atom stereocenters. The van der Waals surface area contributed by atoms with Crippen molar-refractivity contribution in [2.75, 3.05) is 6.54 Å². The second kappa shape index (κ2) is 7.58. The fourth-order valence-electron chi connectivity index (χ4n) is 2.19. The van der Waals surface area contributed by atoms with Crippen LogP contribution in [0.2, 0.25) is 5.02 Å². The van der Waals surface area contributed by atoms with Gasteiger partial charge in [-0.2, -0.15) is 0 Å². The van der Waals surface area contributed by atoms with Gasteiger partial charge in [0.1, 0.15) is 5.82 Å². The summed E-state index contributed by atoms with van der Waals surface area (Å²) in [5.41, 5.74) is 0.679. The first-order chi connectivity index (χ1) is 10.5. The number of carbonyl (C=O) groups is 2. The summed E-state index contributed by atoms with van der Waals surface area (Å²) < 4.78 is 13.0. The molecule has 120 valence electrons. The first-order valence-electron chi connectivity index (χ1n) is 7.49. The molecule has 22 heavy (non-hydrogen) atoms. The smallest absolute Gasteiger partial charge is 0.223 e. The Balaban J connectivity index is 1.70. The molecule has 0 aliphatic heterocycles. The molecule has 4 nitrogen and oxygen atoms in total. The van der Waals surface area contributed by atoms with Crippen molar-refractivity contribution in [2.24, 2.45) is 5.92 Å². The highest BCUT2D eigenvalue weighted by Gasteiger charge is 2.29. The first-order valence-corrected chi connectivity index (χ1v) is 7.87. The summed E-state index contributed by atoms with van der Waals surface area (Å²) in [6.45, 7) is 2.31. The number of benzene rings is 1. The van der Waals surface area contributed by atoms with Crippen LogP contribution in [0.25, 0.3) is 0 Å². The molecule has 0 heterocycles. The van der Waals surface area contributed by atoms with Gasteiger partial charge in [0, 0.05) is 23.9 Å². The van der Waals surface area contributed by atoms with Gasteiger partial charge < -0.3 is 10.6 Å². The monoisotopic (exact) mass is 326 g/mol. The van der Waals surface area contributed by atoms with Gasteiger partial charge in [-0.15, -0.1) is 0 Å². The van der Waals surface area contributed by atoms with Gasteiger partial charge in [0.05, 0.1) is 6.04 Å². The predicted octanol–water partition coefficient (Wildman–Crippen LogP) is 2.96. The van der Waals surface area contributed by atoms with Crippen molar-refractivity contribution in [1.82, 2.24) is 10.6 Å². The molecule has 1 aliphatic carbocycles. The van der Waals surface area contributed by atoms with E-state index in [1.165, 1.54) is 12.1 Å². The van der Waals surface area contributed by atoms with E-state index in [2.05, 4.69) is 10.6 Å². The van der Waals surface area contributed by atoms with Crippen molar-refractivity contribution in [3.05, 3.63) is 34.6 Å². The number of amides is 2. The fourth-order valence-corrected chi connectivity index (χ4v) is 2.53. The zero-order valence-electron chi connectivity index (χ0n) is 12.5. The van der Waals surface area contributed by atoms with Crippen LogP contribution in [-0.2, 0) is 9.59 Å². The van der Waals surface area contributed by atoms with Crippen LogP contribution >= 0.6 is 11.6 Å². The fraction of sp³-hybridized carbons (Fsp3) is 0.500. The van der Waals surface area contributed by atoms with E-state index in [0.717, 1.165) is 12.8 Å². The van der Waals surface area contributed by atoms with Gasteiger partial charge in [-0.05, 0) is 43.9 Å². The van der Waals surface area contributed by atoms with Crippen LogP contribution in [0.5, 0.6) is 0 Å². The number of hydrogen-bond acceptors (Lipinski definition) is 2. The molecule has 1 aromatic carbocycles.